The third kappa shape index (κ3) is 5.39. The monoisotopic (exact) mass is 702 g/mol. The highest BCUT2D eigenvalue weighted by Crippen LogP contribution is 2.36. The van der Waals surface area contributed by atoms with Gasteiger partial charge in [0, 0.05) is 33.8 Å². The normalized spacial score (nSPS) is 11.6. The molecule has 0 atom stereocenters. The zero-order valence-corrected chi connectivity index (χ0v) is 29.5. The lowest BCUT2D eigenvalue weighted by molar-refractivity contribution is 1.08. The van der Waals surface area contributed by atoms with Crippen molar-refractivity contribution >= 4 is 49.1 Å². The SMILES string of the molecule is c1cc(-c2cccc(-c3nc4ccccc4c4nc5ccccn5c34)c2)cc(-c2nc(-c3ccc4ccccc4c3)nc(-c3ccc4ccccc4c3)n2)c1. The number of fused-ring (bicyclic) bond motifs is 7. The second-order valence-corrected chi connectivity index (χ2v) is 13.8. The molecule has 0 aliphatic carbocycles. The molecule has 4 heterocycles. The van der Waals surface area contributed by atoms with Gasteiger partial charge in [0.25, 0.3) is 0 Å². The Hall–Kier alpha value is -7.57. The largest absolute Gasteiger partial charge is 0.298 e. The molecule has 0 amide bonds. The zero-order chi connectivity index (χ0) is 36.3. The van der Waals surface area contributed by atoms with Crippen molar-refractivity contribution < 1.29 is 0 Å². The fraction of sp³-hybridized carbons (Fsp3) is 0. The van der Waals surface area contributed by atoms with Crippen molar-refractivity contribution in [3.63, 3.8) is 0 Å². The number of para-hydroxylation sites is 1. The van der Waals surface area contributed by atoms with Gasteiger partial charge in [0.05, 0.1) is 16.7 Å². The number of hydrogen-bond acceptors (Lipinski definition) is 5. The summed E-state index contributed by atoms with van der Waals surface area (Å²) in [5, 5.41) is 5.66. The van der Waals surface area contributed by atoms with Gasteiger partial charge in [-0.05, 0) is 75.1 Å². The molecular weight excluding hydrogens is 673 g/mol. The van der Waals surface area contributed by atoms with Crippen molar-refractivity contribution in [1.82, 2.24) is 29.3 Å². The van der Waals surface area contributed by atoms with E-state index in [0.29, 0.717) is 17.5 Å². The molecule has 7 aromatic carbocycles. The van der Waals surface area contributed by atoms with Crippen molar-refractivity contribution in [2.24, 2.45) is 0 Å². The van der Waals surface area contributed by atoms with Crippen LogP contribution in [0.2, 0.25) is 0 Å². The van der Waals surface area contributed by atoms with E-state index in [1.165, 1.54) is 10.8 Å². The van der Waals surface area contributed by atoms with Crippen LogP contribution in [0.15, 0.2) is 182 Å². The average Bonchev–Trinajstić information content (AvgIpc) is 3.66. The van der Waals surface area contributed by atoms with Crippen LogP contribution in [-0.4, -0.2) is 29.3 Å². The van der Waals surface area contributed by atoms with E-state index >= 15 is 0 Å². The first-order valence-corrected chi connectivity index (χ1v) is 18.3. The van der Waals surface area contributed by atoms with Crippen LogP contribution in [0, 0.1) is 0 Å². The third-order valence-electron chi connectivity index (χ3n) is 10.4. The second kappa shape index (κ2) is 12.5. The number of hydrogen-bond donors (Lipinski definition) is 0. The van der Waals surface area contributed by atoms with E-state index in [1.54, 1.807) is 0 Å². The minimum Gasteiger partial charge on any atom is -0.298 e. The van der Waals surface area contributed by atoms with Crippen LogP contribution in [0.4, 0.5) is 0 Å². The lowest BCUT2D eigenvalue weighted by Gasteiger charge is -2.12. The summed E-state index contributed by atoms with van der Waals surface area (Å²) in [5.74, 6) is 1.87. The summed E-state index contributed by atoms with van der Waals surface area (Å²) in [6, 6.07) is 60.8. The molecule has 6 heteroatoms. The van der Waals surface area contributed by atoms with Crippen molar-refractivity contribution in [2.45, 2.75) is 0 Å². The summed E-state index contributed by atoms with van der Waals surface area (Å²) >= 11 is 0. The van der Waals surface area contributed by atoms with E-state index in [1.807, 2.05) is 30.3 Å². The highest BCUT2D eigenvalue weighted by molar-refractivity contribution is 6.09. The summed E-state index contributed by atoms with van der Waals surface area (Å²) in [4.78, 5) is 25.6. The van der Waals surface area contributed by atoms with Crippen LogP contribution >= 0.6 is 0 Å². The molecule has 0 unspecified atom stereocenters. The van der Waals surface area contributed by atoms with E-state index in [4.69, 9.17) is 24.9 Å². The van der Waals surface area contributed by atoms with Crippen LogP contribution in [0.5, 0.6) is 0 Å². The van der Waals surface area contributed by atoms with Crippen LogP contribution in [0.25, 0.3) is 106 Å². The van der Waals surface area contributed by atoms with Gasteiger partial charge >= 0.3 is 0 Å². The topological polar surface area (TPSA) is 68.9 Å². The summed E-state index contributed by atoms with van der Waals surface area (Å²) < 4.78 is 2.14. The lowest BCUT2D eigenvalue weighted by Crippen LogP contribution is -2.00. The van der Waals surface area contributed by atoms with E-state index in [9.17, 15) is 0 Å². The molecule has 0 radical (unpaired) electrons. The Labute approximate surface area is 316 Å². The lowest BCUT2D eigenvalue weighted by atomic mass is 9.98. The maximum atomic E-state index is 5.22. The molecule has 6 nitrogen and oxygen atoms in total. The van der Waals surface area contributed by atoms with E-state index < -0.39 is 0 Å². The Morgan fingerprint density at radius 1 is 0.345 bits per heavy atom. The standard InChI is InChI=1S/C49H30N6/c1-3-13-33-28-39(24-22-31(33)11-1)48-52-47(53-49(54-48)40-25-23-32-12-2-4-14-34(32)29-40)38-18-10-16-36(30-38)35-15-9-17-37(27-35)44-46-45(41-19-5-6-20-42(41)50-44)51-43-21-7-8-26-55(43)46/h1-30H. The molecule has 11 aromatic rings. The third-order valence-corrected chi connectivity index (χ3v) is 10.4. The highest BCUT2D eigenvalue weighted by atomic mass is 15.0. The van der Waals surface area contributed by atoms with Gasteiger partial charge in [-0.1, -0.05) is 133 Å². The van der Waals surface area contributed by atoms with Crippen LogP contribution in [0.3, 0.4) is 0 Å². The van der Waals surface area contributed by atoms with Gasteiger partial charge in [-0.3, -0.25) is 4.40 Å². The molecule has 0 aliphatic rings. The first kappa shape index (κ1) is 31.0. The summed E-state index contributed by atoms with van der Waals surface area (Å²) in [5.41, 5.74) is 10.6. The van der Waals surface area contributed by atoms with Crippen molar-refractivity contribution in [1.29, 1.82) is 0 Å². The molecule has 0 fully saturated rings. The summed E-state index contributed by atoms with van der Waals surface area (Å²) in [6.45, 7) is 0. The molecule has 0 bridgehead atoms. The summed E-state index contributed by atoms with van der Waals surface area (Å²) in [6.07, 6.45) is 2.06. The predicted octanol–water partition coefficient (Wildman–Crippen LogP) is 11.9. The molecule has 55 heavy (non-hydrogen) atoms. The Balaban J connectivity index is 1.05. The number of benzene rings is 7. The Morgan fingerprint density at radius 3 is 1.55 bits per heavy atom. The zero-order valence-electron chi connectivity index (χ0n) is 29.5. The second-order valence-electron chi connectivity index (χ2n) is 13.8. The van der Waals surface area contributed by atoms with Gasteiger partial charge in [0.2, 0.25) is 0 Å². The Kier molecular flexibility index (Phi) is 7.07. The quantitative estimate of drug-likeness (QED) is 0.179. The molecule has 0 spiro atoms. The first-order chi connectivity index (χ1) is 27.2. The molecule has 4 aromatic heterocycles. The Bertz CT molecular complexity index is 3190. The molecule has 0 saturated heterocycles. The van der Waals surface area contributed by atoms with Gasteiger partial charge in [0.1, 0.15) is 11.2 Å². The molecule has 0 aliphatic heterocycles. The molecule has 11 rings (SSSR count). The van der Waals surface area contributed by atoms with Crippen molar-refractivity contribution in [2.75, 3.05) is 0 Å². The number of imidazole rings is 1. The van der Waals surface area contributed by atoms with Crippen LogP contribution in [-0.2, 0) is 0 Å². The van der Waals surface area contributed by atoms with Crippen LogP contribution in [0.1, 0.15) is 0 Å². The van der Waals surface area contributed by atoms with Crippen molar-refractivity contribution in [3.05, 3.63) is 182 Å². The van der Waals surface area contributed by atoms with Crippen molar-refractivity contribution in [3.8, 4) is 56.5 Å². The number of aromatic nitrogens is 6. The van der Waals surface area contributed by atoms with E-state index in [-0.39, 0.29) is 0 Å². The van der Waals surface area contributed by atoms with Gasteiger partial charge in [-0.2, -0.15) is 0 Å². The predicted molar refractivity (Wildman–Crippen MR) is 224 cm³/mol. The molecule has 0 saturated carbocycles. The van der Waals surface area contributed by atoms with Gasteiger partial charge in [0.15, 0.2) is 17.5 Å². The highest BCUT2D eigenvalue weighted by Gasteiger charge is 2.18. The van der Waals surface area contributed by atoms with Crippen LogP contribution < -0.4 is 0 Å². The maximum absolute atomic E-state index is 5.22. The average molecular weight is 703 g/mol. The van der Waals surface area contributed by atoms with Gasteiger partial charge < -0.3 is 0 Å². The minimum atomic E-state index is 0.614. The summed E-state index contributed by atoms with van der Waals surface area (Å²) in [7, 11) is 0. The molecule has 0 N–H and O–H groups in total. The smallest absolute Gasteiger partial charge is 0.164 e. The number of pyridine rings is 2. The first-order valence-electron chi connectivity index (χ1n) is 18.3. The number of nitrogens with zero attached hydrogens (tertiary/aromatic N) is 6. The van der Waals surface area contributed by atoms with E-state index in [0.717, 1.165) is 77.4 Å². The van der Waals surface area contributed by atoms with Gasteiger partial charge in [-0.25, -0.2) is 24.9 Å². The van der Waals surface area contributed by atoms with E-state index in [2.05, 4.69) is 156 Å². The minimum absolute atomic E-state index is 0.614. The number of rotatable bonds is 5. The van der Waals surface area contributed by atoms with Gasteiger partial charge in [-0.15, -0.1) is 0 Å². The Morgan fingerprint density at radius 2 is 0.873 bits per heavy atom. The molecule has 256 valence electrons. The fourth-order valence-electron chi connectivity index (χ4n) is 7.66. The maximum Gasteiger partial charge on any atom is 0.164 e. The molecular formula is C49H30N6. The fourth-order valence-corrected chi connectivity index (χ4v) is 7.66.